The van der Waals surface area contributed by atoms with Crippen molar-refractivity contribution >= 4 is 23.2 Å². The zero-order valence-electron chi connectivity index (χ0n) is 13.0. The normalized spacial score (nSPS) is 16.7. The Balaban J connectivity index is 1.83. The fourth-order valence-corrected chi connectivity index (χ4v) is 3.05. The number of hydrogen-bond acceptors (Lipinski definition) is 2. The first-order valence-corrected chi connectivity index (χ1v) is 8.22. The lowest BCUT2D eigenvalue weighted by atomic mass is 9.90. The van der Waals surface area contributed by atoms with Crippen LogP contribution < -0.4 is 4.90 Å². The Kier molecular flexibility index (Phi) is 4.69. The smallest absolute Gasteiger partial charge is 0.233 e. The third-order valence-electron chi connectivity index (χ3n) is 4.44. The van der Waals surface area contributed by atoms with E-state index in [9.17, 15) is 9.90 Å². The first-order valence-electron chi connectivity index (χ1n) is 7.84. The standard InChI is InChI=1S/C19H20ClNO2/c1-21(16-5-3-2-4-6-16)19(23)17(13-7-8-13)18(22)14-9-11-15(20)12-10-14/h2-6,9-13,17-18,22H,7-8H2,1H3/t17-,18-/m1/s1. The Morgan fingerprint density at radius 3 is 2.30 bits per heavy atom. The quantitative estimate of drug-likeness (QED) is 0.898. The maximum Gasteiger partial charge on any atom is 0.233 e. The molecule has 0 heterocycles. The summed E-state index contributed by atoms with van der Waals surface area (Å²) in [7, 11) is 1.77. The highest BCUT2D eigenvalue weighted by Crippen LogP contribution is 2.44. The highest BCUT2D eigenvalue weighted by Gasteiger charge is 2.42. The lowest BCUT2D eigenvalue weighted by molar-refractivity contribution is -0.126. The highest BCUT2D eigenvalue weighted by molar-refractivity contribution is 6.30. The number of carbonyl (C=O) groups is 1. The van der Waals surface area contributed by atoms with E-state index in [4.69, 9.17) is 11.6 Å². The van der Waals surface area contributed by atoms with E-state index < -0.39 is 12.0 Å². The Labute approximate surface area is 141 Å². The van der Waals surface area contributed by atoms with Gasteiger partial charge in [-0.1, -0.05) is 41.9 Å². The van der Waals surface area contributed by atoms with Gasteiger partial charge in [0.05, 0.1) is 12.0 Å². The van der Waals surface area contributed by atoms with Crippen molar-refractivity contribution in [1.82, 2.24) is 0 Å². The van der Waals surface area contributed by atoms with E-state index in [1.165, 1.54) is 0 Å². The molecule has 1 amide bonds. The predicted octanol–water partition coefficient (Wildman–Crippen LogP) is 4.06. The van der Waals surface area contributed by atoms with Crippen LogP contribution in [0.4, 0.5) is 5.69 Å². The first-order chi connectivity index (χ1) is 11.1. The molecule has 2 atom stereocenters. The molecule has 1 aliphatic rings. The molecular formula is C19H20ClNO2. The van der Waals surface area contributed by atoms with E-state index in [-0.39, 0.29) is 11.8 Å². The number of para-hydroxylation sites is 1. The fourth-order valence-electron chi connectivity index (χ4n) is 2.92. The molecule has 0 bridgehead atoms. The maximum absolute atomic E-state index is 12.9. The molecule has 3 nitrogen and oxygen atoms in total. The van der Waals surface area contributed by atoms with Crippen LogP contribution in [0.5, 0.6) is 0 Å². The number of amides is 1. The van der Waals surface area contributed by atoms with Crippen LogP contribution in [0.3, 0.4) is 0 Å². The van der Waals surface area contributed by atoms with Gasteiger partial charge in [-0.15, -0.1) is 0 Å². The van der Waals surface area contributed by atoms with Gasteiger partial charge >= 0.3 is 0 Å². The van der Waals surface area contributed by atoms with E-state index in [2.05, 4.69) is 0 Å². The minimum absolute atomic E-state index is 0.0406. The Morgan fingerprint density at radius 1 is 1.13 bits per heavy atom. The lowest BCUT2D eigenvalue weighted by Crippen LogP contribution is -2.37. The number of aliphatic hydroxyl groups is 1. The summed E-state index contributed by atoms with van der Waals surface area (Å²) in [5, 5.41) is 11.4. The number of benzene rings is 2. The summed E-state index contributed by atoms with van der Waals surface area (Å²) in [6, 6.07) is 16.6. The van der Waals surface area contributed by atoms with Crippen molar-refractivity contribution in [3.05, 3.63) is 65.2 Å². The highest BCUT2D eigenvalue weighted by atomic mass is 35.5. The Morgan fingerprint density at radius 2 is 1.74 bits per heavy atom. The molecule has 0 spiro atoms. The molecule has 0 unspecified atom stereocenters. The van der Waals surface area contributed by atoms with Crippen molar-refractivity contribution in [3.8, 4) is 0 Å². The van der Waals surface area contributed by atoms with Gasteiger partial charge in [0, 0.05) is 17.8 Å². The van der Waals surface area contributed by atoms with Crippen LogP contribution in [-0.4, -0.2) is 18.1 Å². The number of aliphatic hydroxyl groups excluding tert-OH is 1. The van der Waals surface area contributed by atoms with E-state index in [1.807, 2.05) is 30.3 Å². The third kappa shape index (κ3) is 3.57. The van der Waals surface area contributed by atoms with Gasteiger partial charge in [-0.25, -0.2) is 0 Å². The second-order valence-electron chi connectivity index (χ2n) is 6.09. The largest absolute Gasteiger partial charge is 0.388 e. The lowest BCUT2D eigenvalue weighted by Gasteiger charge is -2.27. The molecule has 2 aromatic rings. The summed E-state index contributed by atoms with van der Waals surface area (Å²) in [6.45, 7) is 0. The molecule has 23 heavy (non-hydrogen) atoms. The summed E-state index contributed by atoms with van der Waals surface area (Å²) >= 11 is 5.91. The number of anilines is 1. The predicted molar refractivity (Wildman–Crippen MR) is 92.5 cm³/mol. The van der Waals surface area contributed by atoms with Crippen LogP contribution in [0.2, 0.25) is 5.02 Å². The molecule has 1 N–H and O–H groups in total. The van der Waals surface area contributed by atoms with Gasteiger partial charge < -0.3 is 10.0 Å². The average Bonchev–Trinajstić information content (AvgIpc) is 3.40. The summed E-state index contributed by atoms with van der Waals surface area (Å²) in [4.78, 5) is 14.6. The summed E-state index contributed by atoms with van der Waals surface area (Å²) in [6.07, 6.45) is 1.17. The number of hydrogen-bond donors (Lipinski definition) is 1. The maximum atomic E-state index is 12.9. The van der Waals surface area contributed by atoms with E-state index in [0.717, 1.165) is 24.1 Å². The van der Waals surface area contributed by atoms with Crippen molar-refractivity contribution in [2.45, 2.75) is 18.9 Å². The molecule has 1 fully saturated rings. The van der Waals surface area contributed by atoms with E-state index in [0.29, 0.717) is 5.02 Å². The van der Waals surface area contributed by atoms with Gasteiger partial charge in [0.15, 0.2) is 0 Å². The van der Waals surface area contributed by atoms with Gasteiger partial charge in [0.25, 0.3) is 0 Å². The van der Waals surface area contributed by atoms with Crippen molar-refractivity contribution in [1.29, 1.82) is 0 Å². The van der Waals surface area contributed by atoms with Crippen molar-refractivity contribution in [2.75, 3.05) is 11.9 Å². The van der Waals surface area contributed by atoms with Gasteiger partial charge in [-0.2, -0.15) is 0 Å². The number of halogens is 1. The van der Waals surface area contributed by atoms with Crippen LogP contribution in [0.15, 0.2) is 54.6 Å². The molecular weight excluding hydrogens is 310 g/mol. The monoisotopic (exact) mass is 329 g/mol. The fraction of sp³-hybridized carbons (Fsp3) is 0.316. The Hall–Kier alpha value is -1.84. The van der Waals surface area contributed by atoms with Gasteiger partial charge in [-0.05, 0) is 48.6 Å². The molecule has 0 radical (unpaired) electrons. The zero-order valence-corrected chi connectivity index (χ0v) is 13.8. The third-order valence-corrected chi connectivity index (χ3v) is 4.69. The number of rotatable bonds is 5. The van der Waals surface area contributed by atoms with Crippen LogP contribution in [0.1, 0.15) is 24.5 Å². The van der Waals surface area contributed by atoms with Crippen molar-refractivity contribution < 1.29 is 9.90 Å². The average molecular weight is 330 g/mol. The molecule has 1 aliphatic carbocycles. The first kappa shape index (κ1) is 16.0. The molecule has 4 heteroatoms. The summed E-state index contributed by atoms with van der Waals surface area (Å²) in [5.74, 6) is -0.207. The summed E-state index contributed by atoms with van der Waals surface area (Å²) in [5.41, 5.74) is 1.58. The van der Waals surface area contributed by atoms with Crippen LogP contribution in [-0.2, 0) is 4.79 Å². The minimum Gasteiger partial charge on any atom is -0.388 e. The molecule has 0 saturated heterocycles. The van der Waals surface area contributed by atoms with Gasteiger partial charge in [-0.3, -0.25) is 4.79 Å². The number of nitrogens with zero attached hydrogens (tertiary/aromatic N) is 1. The van der Waals surface area contributed by atoms with Crippen LogP contribution in [0.25, 0.3) is 0 Å². The van der Waals surface area contributed by atoms with E-state index >= 15 is 0 Å². The summed E-state index contributed by atoms with van der Waals surface area (Å²) < 4.78 is 0. The van der Waals surface area contributed by atoms with E-state index in [1.54, 1.807) is 36.2 Å². The van der Waals surface area contributed by atoms with Gasteiger partial charge in [0.2, 0.25) is 5.91 Å². The number of carbonyl (C=O) groups excluding carboxylic acids is 1. The van der Waals surface area contributed by atoms with Crippen LogP contribution in [0, 0.1) is 11.8 Å². The molecule has 0 aliphatic heterocycles. The van der Waals surface area contributed by atoms with Crippen molar-refractivity contribution in [2.24, 2.45) is 11.8 Å². The SMILES string of the molecule is CN(C(=O)[C@H](C1CC1)[C@H](O)c1ccc(Cl)cc1)c1ccccc1. The molecule has 2 aromatic carbocycles. The second kappa shape index (κ2) is 6.73. The van der Waals surface area contributed by atoms with Crippen molar-refractivity contribution in [3.63, 3.8) is 0 Å². The molecule has 1 saturated carbocycles. The minimum atomic E-state index is -0.807. The van der Waals surface area contributed by atoms with Crippen LogP contribution >= 0.6 is 11.6 Å². The van der Waals surface area contributed by atoms with Gasteiger partial charge in [0.1, 0.15) is 0 Å². The molecule has 0 aromatic heterocycles. The molecule has 3 rings (SSSR count). The Bertz CT molecular complexity index is 668. The molecule has 120 valence electrons. The zero-order chi connectivity index (χ0) is 16.4. The second-order valence-corrected chi connectivity index (χ2v) is 6.53. The topological polar surface area (TPSA) is 40.5 Å².